The van der Waals surface area contributed by atoms with Crippen molar-refractivity contribution >= 4 is 23.4 Å². The average molecular weight is 505 g/mol. The fourth-order valence-electron chi connectivity index (χ4n) is 6.16. The lowest BCUT2D eigenvalue weighted by Gasteiger charge is -2.47. The number of nitrogens with zero attached hydrogens (tertiary/aromatic N) is 2. The quantitative estimate of drug-likeness (QED) is 0.516. The molecule has 3 saturated heterocycles. The predicted molar refractivity (Wildman–Crippen MR) is 136 cm³/mol. The number of ether oxygens (including phenoxy) is 1. The molecule has 9 nitrogen and oxygen atoms in total. The minimum atomic E-state index is -0.949. The normalized spacial score (nSPS) is 24.8. The number of amides is 3. The van der Waals surface area contributed by atoms with Crippen molar-refractivity contribution in [3.63, 3.8) is 0 Å². The first-order valence-corrected chi connectivity index (χ1v) is 13.0. The third-order valence-corrected chi connectivity index (χ3v) is 8.17. The molecule has 4 heterocycles. The fraction of sp³-hybridized carbons (Fsp3) is 0.464. The minimum absolute atomic E-state index is 0.235. The number of nitrogens with one attached hydrogen (secondary N) is 2. The summed E-state index contributed by atoms with van der Waals surface area (Å²) in [6, 6.07) is 10.7. The van der Waals surface area contributed by atoms with Gasteiger partial charge in [-0.2, -0.15) is 0 Å². The highest BCUT2D eigenvalue weighted by Gasteiger charge is 2.46. The van der Waals surface area contributed by atoms with Gasteiger partial charge in [-0.05, 0) is 55.0 Å². The van der Waals surface area contributed by atoms with Crippen LogP contribution < -0.4 is 10.6 Å². The van der Waals surface area contributed by atoms with Crippen LogP contribution in [0.5, 0.6) is 0 Å². The van der Waals surface area contributed by atoms with Gasteiger partial charge >= 0.3 is 0 Å². The molecule has 37 heavy (non-hydrogen) atoms. The second-order valence-corrected chi connectivity index (χ2v) is 10.9. The van der Waals surface area contributed by atoms with Gasteiger partial charge in [0.1, 0.15) is 12.3 Å². The molecular formula is C28H32N4O5. The molecule has 194 valence electrons. The maximum Gasteiger partial charge on any atom is 0.264 e. The summed E-state index contributed by atoms with van der Waals surface area (Å²) >= 11 is 0. The van der Waals surface area contributed by atoms with E-state index in [2.05, 4.69) is 40.7 Å². The highest BCUT2D eigenvalue weighted by molar-refractivity contribution is 6.25. The molecule has 0 aliphatic carbocycles. The van der Waals surface area contributed by atoms with Crippen molar-refractivity contribution in [2.24, 2.45) is 5.41 Å². The summed E-state index contributed by atoms with van der Waals surface area (Å²) in [5.41, 5.74) is 5.15. The molecule has 0 radical (unpaired) electrons. The minimum Gasteiger partial charge on any atom is -0.381 e. The molecule has 2 aromatic carbocycles. The maximum atomic E-state index is 13.3. The summed E-state index contributed by atoms with van der Waals surface area (Å²) in [4.78, 5) is 42.3. The number of benzene rings is 2. The van der Waals surface area contributed by atoms with E-state index in [9.17, 15) is 19.5 Å². The zero-order chi connectivity index (χ0) is 25.7. The van der Waals surface area contributed by atoms with Crippen molar-refractivity contribution in [1.29, 1.82) is 0 Å². The van der Waals surface area contributed by atoms with Gasteiger partial charge in [0.05, 0.1) is 17.7 Å². The zero-order valence-electron chi connectivity index (χ0n) is 21.0. The summed E-state index contributed by atoms with van der Waals surface area (Å²) in [5, 5.41) is 15.4. The summed E-state index contributed by atoms with van der Waals surface area (Å²) in [7, 11) is 0. The van der Waals surface area contributed by atoms with Gasteiger partial charge in [0.2, 0.25) is 5.91 Å². The van der Waals surface area contributed by atoms with Crippen molar-refractivity contribution in [2.75, 3.05) is 31.6 Å². The molecule has 3 amide bonds. The Morgan fingerprint density at radius 3 is 2.70 bits per heavy atom. The van der Waals surface area contributed by atoms with E-state index >= 15 is 0 Å². The Kier molecular flexibility index (Phi) is 6.01. The topological polar surface area (TPSA) is 111 Å². The van der Waals surface area contributed by atoms with Gasteiger partial charge < -0.3 is 20.5 Å². The molecular weight excluding hydrogens is 472 g/mol. The third kappa shape index (κ3) is 4.31. The summed E-state index contributed by atoms with van der Waals surface area (Å²) < 4.78 is 5.59. The Morgan fingerprint density at radius 2 is 1.97 bits per heavy atom. The molecule has 0 aromatic heterocycles. The van der Waals surface area contributed by atoms with Gasteiger partial charge in [0.25, 0.3) is 11.8 Å². The van der Waals surface area contributed by atoms with Gasteiger partial charge in [0, 0.05) is 43.9 Å². The number of aliphatic hydroxyl groups excluding tert-OH is 1. The molecule has 2 aromatic rings. The number of hydrogen-bond donors (Lipinski definition) is 3. The Bertz CT molecular complexity index is 1260. The van der Waals surface area contributed by atoms with E-state index in [0.29, 0.717) is 28.8 Å². The Labute approximate surface area is 215 Å². The second kappa shape index (κ2) is 9.24. The highest BCUT2D eigenvalue weighted by atomic mass is 16.5. The van der Waals surface area contributed by atoms with Crippen LogP contribution in [0, 0.1) is 12.3 Å². The number of rotatable bonds is 6. The molecule has 3 fully saturated rings. The van der Waals surface area contributed by atoms with Crippen molar-refractivity contribution in [1.82, 2.24) is 15.1 Å². The van der Waals surface area contributed by atoms with Crippen LogP contribution in [-0.4, -0.2) is 71.2 Å². The lowest BCUT2D eigenvalue weighted by molar-refractivity contribution is -0.131. The number of fused-ring (bicyclic) bond motifs is 1. The Hall–Kier alpha value is -3.27. The average Bonchev–Trinajstić information content (AvgIpc) is 3.43. The SMILES string of the molecule is Cc1cc(CNc2cccc3c2C(=O)N(C2CCC(O)NC2=O)C3=O)ccc1CN1CC2(CCOC2)C1. The Morgan fingerprint density at radius 1 is 1.14 bits per heavy atom. The van der Waals surface area contributed by atoms with E-state index in [1.165, 1.54) is 17.5 Å². The number of carbonyl (C=O) groups is 3. The van der Waals surface area contributed by atoms with E-state index in [0.717, 1.165) is 43.3 Å². The molecule has 0 saturated carbocycles. The first-order valence-electron chi connectivity index (χ1n) is 13.0. The molecule has 6 rings (SSSR count). The molecule has 2 atom stereocenters. The summed E-state index contributed by atoms with van der Waals surface area (Å²) in [5.74, 6) is -1.47. The molecule has 4 aliphatic rings. The Balaban J connectivity index is 1.12. The smallest absolute Gasteiger partial charge is 0.264 e. The third-order valence-electron chi connectivity index (χ3n) is 8.17. The molecule has 2 unspecified atom stereocenters. The fourth-order valence-corrected chi connectivity index (χ4v) is 6.16. The number of carbonyl (C=O) groups excluding carboxylic acids is 3. The van der Waals surface area contributed by atoms with Crippen molar-refractivity contribution in [3.05, 3.63) is 64.2 Å². The monoisotopic (exact) mass is 504 g/mol. The maximum absolute atomic E-state index is 13.3. The van der Waals surface area contributed by atoms with Gasteiger partial charge in [-0.3, -0.25) is 24.2 Å². The van der Waals surface area contributed by atoms with Gasteiger partial charge in [-0.15, -0.1) is 0 Å². The largest absolute Gasteiger partial charge is 0.381 e. The number of aryl methyl sites for hydroxylation is 1. The van der Waals surface area contributed by atoms with Crippen LogP contribution in [0.4, 0.5) is 5.69 Å². The van der Waals surface area contributed by atoms with Crippen LogP contribution in [0.1, 0.15) is 56.7 Å². The lowest BCUT2D eigenvalue weighted by Crippen LogP contribution is -2.56. The van der Waals surface area contributed by atoms with Gasteiger partial charge in [0.15, 0.2) is 0 Å². The first kappa shape index (κ1) is 24.1. The van der Waals surface area contributed by atoms with E-state index in [1.807, 2.05) is 0 Å². The van der Waals surface area contributed by atoms with Crippen molar-refractivity contribution < 1.29 is 24.2 Å². The summed E-state index contributed by atoms with van der Waals surface area (Å²) in [6.45, 7) is 7.53. The van der Waals surface area contributed by atoms with Crippen LogP contribution in [0.25, 0.3) is 0 Å². The van der Waals surface area contributed by atoms with Crippen LogP contribution in [0.3, 0.4) is 0 Å². The predicted octanol–water partition coefficient (Wildman–Crippen LogP) is 2.02. The number of piperidine rings is 1. The molecule has 3 N–H and O–H groups in total. The molecule has 9 heteroatoms. The van der Waals surface area contributed by atoms with Crippen LogP contribution in [0.2, 0.25) is 0 Å². The molecule has 4 aliphatic heterocycles. The number of hydrogen-bond acceptors (Lipinski definition) is 7. The van der Waals surface area contributed by atoms with E-state index in [1.54, 1.807) is 18.2 Å². The van der Waals surface area contributed by atoms with Gasteiger partial charge in [-0.25, -0.2) is 0 Å². The number of aliphatic hydroxyl groups is 1. The lowest BCUT2D eigenvalue weighted by atomic mass is 9.79. The molecule has 0 bridgehead atoms. The number of likely N-dealkylation sites (tertiary alicyclic amines) is 1. The first-order chi connectivity index (χ1) is 17.8. The van der Waals surface area contributed by atoms with Crippen molar-refractivity contribution in [2.45, 2.75) is 51.5 Å². The van der Waals surface area contributed by atoms with Gasteiger partial charge in [-0.1, -0.05) is 24.3 Å². The van der Waals surface area contributed by atoms with Crippen LogP contribution in [-0.2, 0) is 22.6 Å². The van der Waals surface area contributed by atoms with E-state index < -0.39 is 30.0 Å². The number of imide groups is 1. The standard InChI is InChI=1S/C28H32N4O5/c1-17-11-18(5-6-19(17)13-31-14-28(15-31)9-10-37-16-28)12-29-21-4-2-3-20-24(21)27(36)32(26(20)35)22-7-8-23(33)30-25(22)34/h2-6,11,22-23,29,33H,7-10,12-16H2,1H3,(H,30,34). The number of anilines is 1. The highest BCUT2D eigenvalue weighted by Crippen LogP contribution is 2.39. The van der Waals surface area contributed by atoms with Crippen molar-refractivity contribution in [3.8, 4) is 0 Å². The van der Waals surface area contributed by atoms with Crippen LogP contribution >= 0.6 is 0 Å². The molecule has 1 spiro atoms. The summed E-state index contributed by atoms with van der Waals surface area (Å²) in [6.07, 6.45) is 0.741. The van der Waals surface area contributed by atoms with E-state index in [-0.39, 0.29) is 12.8 Å². The van der Waals surface area contributed by atoms with E-state index in [4.69, 9.17) is 4.74 Å². The second-order valence-electron chi connectivity index (χ2n) is 10.9. The zero-order valence-corrected chi connectivity index (χ0v) is 21.0. The van der Waals surface area contributed by atoms with Crippen LogP contribution in [0.15, 0.2) is 36.4 Å².